The van der Waals surface area contributed by atoms with Gasteiger partial charge in [-0.1, -0.05) is 6.07 Å². The number of ether oxygens (including phenoxy) is 1. The molecule has 0 bridgehead atoms. The largest absolute Gasteiger partial charge is 0.456 e. The van der Waals surface area contributed by atoms with E-state index in [1.54, 1.807) is 30.6 Å². The van der Waals surface area contributed by atoms with Crippen LogP contribution in [0.2, 0.25) is 0 Å². The van der Waals surface area contributed by atoms with Gasteiger partial charge >= 0.3 is 0 Å². The summed E-state index contributed by atoms with van der Waals surface area (Å²) in [5.74, 6) is 0.746. The highest BCUT2D eigenvalue weighted by Gasteiger charge is 2.02. The summed E-state index contributed by atoms with van der Waals surface area (Å²) in [6.45, 7) is 0. The first-order chi connectivity index (χ1) is 7.25. The van der Waals surface area contributed by atoms with Gasteiger partial charge in [0, 0.05) is 24.5 Å². The summed E-state index contributed by atoms with van der Waals surface area (Å²) in [6, 6.07) is 7.69. The summed E-state index contributed by atoms with van der Waals surface area (Å²) >= 11 is 3.29. The summed E-state index contributed by atoms with van der Waals surface area (Å²) < 4.78 is 19.1. The number of pyridine rings is 1. The molecule has 1 heterocycles. The predicted octanol–water partition coefficient (Wildman–Crippen LogP) is 3.78. The lowest BCUT2D eigenvalue weighted by Gasteiger charge is -2.06. The second kappa shape index (κ2) is 4.40. The van der Waals surface area contributed by atoms with Crippen LogP contribution in [-0.4, -0.2) is 4.98 Å². The molecule has 4 heteroatoms. The van der Waals surface area contributed by atoms with Crippen LogP contribution in [0.3, 0.4) is 0 Å². The summed E-state index contributed by atoms with van der Waals surface area (Å²) in [7, 11) is 0. The summed E-state index contributed by atoms with van der Waals surface area (Å²) in [6.07, 6.45) is 3.23. The summed E-state index contributed by atoms with van der Waals surface area (Å²) in [5.41, 5.74) is 0. The fraction of sp³-hybridized carbons (Fsp3) is 0. The van der Waals surface area contributed by atoms with Crippen LogP contribution in [0.25, 0.3) is 0 Å². The number of nitrogens with zero attached hydrogens (tertiary/aromatic N) is 1. The Morgan fingerprint density at radius 1 is 1.27 bits per heavy atom. The zero-order valence-electron chi connectivity index (χ0n) is 7.65. The number of rotatable bonds is 2. The Morgan fingerprint density at radius 2 is 2.13 bits per heavy atom. The zero-order chi connectivity index (χ0) is 10.7. The Labute approximate surface area is 94.9 Å². The molecule has 0 amide bonds. The highest BCUT2D eigenvalue weighted by atomic mass is 79.9. The molecule has 0 N–H and O–H groups in total. The first-order valence-corrected chi connectivity index (χ1v) is 5.08. The molecule has 0 spiro atoms. The van der Waals surface area contributed by atoms with Gasteiger partial charge in [0.15, 0.2) is 0 Å². The summed E-state index contributed by atoms with van der Waals surface area (Å²) in [5, 5.41) is 0. The second-order valence-corrected chi connectivity index (χ2v) is 3.72. The third kappa shape index (κ3) is 2.53. The standard InChI is InChI=1S/C11H7BrFNO/c12-10-7-14-5-4-11(10)15-9-3-1-2-8(13)6-9/h1-7H. The lowest BCUT2D eigenvalue weighted by atomic mass is 10.3. The molecule has 0 aliphatic rings. The Balaban J connectivity index is 2.26. The van der Waals surface area contributed by atoms with Crippen LogP contribution < -0.4 is 4.74 Å². The molecule has 0 saturated carbocycles. The predicted molar refractivity (Wildman–Crippen MR) is 58.4 cm³/mol. The average molecular weight is 268 g/mol. The molecule has 1 aromatic heterocycles. The number of hydrogen-bond donors (Lipinski definition) is 0. The third-order valence-electron chi connectivity index (χ3n) is 1.76. The van der Waals surface area contributed by atoms with E-state index < -0.39 is 0 Å². The zero-order valence-corrected chi connectivity index (χ0v) is 9.24. The van der Waals surface area contributed by atoms with Gasteiger partial charge in [-0.2, -0.15) is 0 Å². The normalized spacial score (nSPS) is 10.0. The first kappa shape index (κ1) is 10.1. The molecule has 0 unspecified atom stereocenters. The van der Waals surface area contributed by atoms with Crippen molar-refractivity contribution in [1.29, 1.82) is 0 Å². The maximum Gasteiger partial charge on any atom is 0.144 e. The molecule has 0 aliphatic carbocycles. The van der Waals surface area contributed by atoms with E-state index in [9.17, 15) is 4.39 Å². The average Bonchev–Trinajstić information content (AvgIpc) is 2.22. The maximum absolute atomic E-state index is 12.9. The van der Waals surface area contributed by atoms with Crippen molar-refractivity contribution in [2.24, 2.45) is 0 Å². The molecule has 2 aromatic rings. The Bertz CT molecular complexity index is 476. The van der Waals surface area contributed by atoms with Gasteiger partial charge in [-0.25, -0.2) is 4.39 Å². The van der Waals surface area contributed by atoms with E-state index >= 15 is 0 Å². The highest BCUT2D eigenvalue weighted by Crippen LogP contribution is 2.28. The van der Waals surface area contributed by atoms with Crippen LogP contribution in [0.5, 0.6) is 11.5 Å². The van der Waals surface area contributed by atoms with E-state index in [1.807, 2.05) is 0 Å². The molecule has 0 fully saturated rings. The smallest absolute Gasteiger partial charge is 0.144 e. The van der Waals surface area contributed by atoms with E-state index in [-0.39, 0.29) is 5.82 Å². The van der Waals surface area contributed by atoms with E-state index in [2.05, 4.69) is 20.9 Å². The Morgan fingerprint density at radius 3 is 2.87 bits per heavy atom. The molecule has 15 heavy (non-hydrogen) atoms. The number of aromatic nitrogens is 1. The molecule has 1 aromatic carbocycles. The Kier molecular flexibility index (Phi) is 2.97. The second-order valence-electron chi connectivity index (χ2n) is 2.87. The minimum atomic E-state index is -0.322. The van der Waals surface area contributed by atoms with E-state index in [1.165, 1.54) is 12.1 Å². The monoisotopic (exact) mass is 267 g/mol. The molecular weight excluding hydrogens is 261 g/mol. The van der Waals surface area contributed by atoms with E-state index in [0.717, 1.165) is 4.47 Å². The van der Waals surface area contributed by atoms with Crippen molar-refractivity contribution in [2.75, 3.05) is 0 Å². The first-order valence-electron chi connectivity index (χ1n) is 4.28. The van der Waals surface area contributed by atoms with Crippen LogP contribution in [0.4, 0.5) is 4.39 Å². The van der Waals surface area contributed by atoms with E-state index in [4.69, 9.17) is 4.74 Å². The van der Waals surface area contributed by atoms with Gasteiger partial charge in [0.1, 0.15) is 17.3 Å². The molecule has 2 nitrogen and oxygen atoms in total. The van der Waals surface area contributed by atoms with Gasteiger partial charge in [-0.05, 0) is 28.1 Å². The maximum atomic E-state index is 12.9. The minimum Gasteiger partial charge on any atom is -0.456 e. The topological polar surface area (TPSA) is 22.1 Å². The van der Waals surface area contributed by atoms with Crippen molar-refractivity contribution in [3.05, 3.63) is 53.0 Å². The number of benzene rings is 1. The number of hydrogen-bond acceptors (Lipinski definition) is 2. The van der Waals surface area contributed by atoms with Crippen LogP contribution in [0, 0.1) is 5.82 Å². The number of halogens is 2. The van der Waals surface area contributed by atoms with Crippen molar-refractivity contribution < 1.29 is 9.13 Å². The molecule has 0 saturated heterocycles. The van der Waals surface area contributed by atoms with Crippen molar-refractivity contribution in [3.8, 4) is 11.5 Å². The van der Waals surface area contributed by atoms with Gasteiger partial charge < -0.3 is 4.74 Å². The third-order valence-corrected chi connectivity index (χ3v) is 2.35. The fourth-order valence-electron chi connectivity index (χ4n) is 1.10. The molecule has 2 rings (SSSR count). The van der Waals surface area contributed by atoms with Crippen molar-refractivity contribution >= 4 is 15.9 Å². The van der Waals surface area contributed by atoms with Crippen LogP contribution in [-0.2, 0) is 0 Å². The van der Waals surface area contributed by atoms with Crippen LogP contribution in [0.1, 0.15) is 0 Å². The fourth-order valence-corrected chi connectivity index (χ4v) is 1.43. The quantitative estimate of drug-likeness (QED) is 0.826. The van der Waals surface area contributed by atoms with Crippen molar-refractivity contribution in [2.45, 2.75) is 0 Å². The van der Waals surface area contributed by atoms with Gasteiger partial charge in [-0.15, -0.1) is 0 Å². The SMILES string of the molecule is Fc1cccc(Oc2ccncc2Br)c1. The van der Waals surface area contributed by atoms with Gasteiger partial charge in [0.25, 0.3) is 0 Å². The minimum absolute atomic E-state index is 0.322. The van der Waals surface area contributed by atoms with Crippen molar-refractivity contribution in [1.82, 2.24) is 4.98 Å². The van der Waals surface area contributed by atoms with Crippen LogP contribution in [0.15, 0.2) is 47.2 Å². The Hall–Kier alpha value is -1.42. The molecular formula is C11H7BrFNO. The van der Waals surface area contributed by atoms with Crippen molar-refractivity contribution in [3.63, 3.8) is 0 Å². The van der Waals surface area contributed by atoms with Crippen LogP contribution >= 0.6 is 15.9 Å². The van der Waals surface area contributed by atoms with E-state index in [0.29, 0.717) is 11.5 Å². The van der Waals surface area contributed by atoms with Gasteiger partial charge in [0.05, 0.1) is 4.47 Å². The lowest BCUT2D eigenvalue weighted by molar-refractivity contribution is 0.473. The van der Waals surface area contributed by atoms with Gasteiger partial charge in [-0.3, -0.25) is 4.98 Å². The summed E-state index contributed by atoms with van der Waals surface area (Å²) in [4.78, 5) is 3.90. The molecule has 0 aliphatic heterocycles. The van der Waals surface area contributed by atoms with Gasteiger partial charge in [0.2, 0.25) is 0 Å². The highest BCUT2D eigenvalue weighted by molar-refractivity contribution is 9.10. The molecule has 0 radical (unpaired) electrons. The lowest BCUT2D eigenvalue weighted by Crippen LogP contribution is -1.86. The molecule has 0 atom stereocenters. The molecule has 76 valence electrons.